The van der Waals surface area contributed by atoms with Gasteiger partial charge >= 0.3 is 0 Å². The first-order valence-electron chi connectivity index (χ1n) is 8.29. The van der Waals surface area contributed by atoms with Gasteiger partial charge in [0.05, 0.1) is 7.11 Å². The van der Waals surface area contributed by atoms with E-state index < -0.39 is 10.0 Å². The van der Waals surface area contributed by atoms with Crippen molar-refractivity contribution in [2.24, 2.45) is 5.41 Å². The highest BCUT2D eigenvalue weighted by molar-refractivity contribution is 7.89. The van der Waals surface area contributed by atoms with Gasteiger partial charge in [-0.05, 0) is 49.5 Å². The summed E-state index contributed by atoms with van der Waals surface area (Å²) in [5.41, 5.74) is 0.366. The highest BCUT2D eigenvalue weighted by atomic mass is 32.2. The number of ether oxygens (including phenoxy) is 1. The van der Waals surface area contributed by atoms with Crippen molar-refractivity contribution >= 4 is 15.9 Å². The Labute approximate surface area is 149 Å². The number of carbonyl (C=O) groups excluding carboxylic acids is 1. The van der Waals surface area contributed by atoms with Gasteiger partial charge in [0.25, 0.3) is 5.91 Å². The van der Waals surface area contributed by atoms with E-state index in [0.717, 1.165) is 30.2 Å². The molecule has 1 heterocycles. The van der Waals surface area contributed by atoms with E-state index in [1.165, 1.54) is 33.3 Å². The Bertz CT molecular complexity index is 725. The number of sulfonamides is 1. The minimum atomic E-state index is -3.70. The number of amides is 1. The molecule has 0 aromatic heterocycles. The second-order valence-corrected chi connectivity index (χ2v) is 9.02. The Kier molecular flexibility index (Phi) is 6.08. The fourth-order valence-corrected chi connectivity index (χ4v) is 3.89. The SMILES string of the molecule is COc1ccc(C(=O)NCC2(C)CCNCC2)cc1S(=O)(=O)N(C)C. The van der Waals surface area contributed by atoms with Crippen molar-refractivity contribution in [3.63, 3.8) is 0 Å². The van der Waals surface area contributed by atoms with Crippen LogP contribution in [-0.2, 0) is 10.0 Å². The summed E-state index contributed by atoms with van der Waals surface area (Å²) in [7, 11) is 0.589. The molecule has 2 rings (SSSR count). The minimum Gasteiger partial charge on any atom is -0.495 e. The average Bonchev–Trinajstić information content (AvgIpc) is 2.59. The summed E-state index contributed by atoms with van der Waals surface area (Å²) in [5, 5.41) is 6.25. The number of nitrogens with zero attached hydrogens (tertiary/aromatic N) is 1. The number of methoxy groups -OCH3 is 1. The molecule has 25 heavy (non-hydrogen) atoms. The Morgan fingerprint density at radius 3 is 2.52 bits per heavy atom. The van der Waals surface area contributed by atoms with E-state index >= 15 is 0 Å². The maximum atomic E-state index is 12.5. The molecule has 1 aliphatic heterocycles. The molecule has 1 aromatic carbocycles. The van der Waals surface area contributed by atoms with E-state index in [9.17, 15) is 13.2 Å². The molecule has 140 valence electrons. The third kappa shape index (κ3) is 4.50. The number of nitrogens with one attached hydrogen (secondary N) is 2. The molecule has 0 bridgehead atoms. The van der Waals surface area contributed by atoms with Crippen molar-refractivity contribution in [2.45, 2.75) is 24.7 Å². The van der Waals surface area contributed by atoms with Crippen LogP contribution in [0, 0.1) is 5.41 Å². The van der Waals surface area contributed by atoms with Crippen LogP contribution in [0.3, 0.4) is 0 Å². The molecule has 0 atom stereocenters. The largest absolute Gasteiger partial charge is 0.495 e. The van der Waals surface area contributed by atoms with Gasteiger partial charge in [-0.1, -0.05) is 6.92 Å². The maximum Gasteiger partial charge on any atom is 0.251 e. The topological polar surface area (TPSA) is 87.7 Å². The summed E-state index contributed by atoms with van der Waals surface area (Å²) in [5.74, 6) is -0.0619. The second-order valence-electron chi connectivity index (χ2n) is 6.90. The molecule has 1 amide bonds. The number of benzene rings is 1. The normalized spacial score (nSPS) is 17.3. The van der Waals surface area contributed by atoms with Gasteiger partial charge in [0.1, 0.15) is 10.6 Å². The zero-order chi connectivity index (χ0) is 18.7. The van der Waals surface area contributed by atoms with Crippen molar-refractivity contribution in [1.29, 1.82) is 0 Å². The van der Waals surface area contributed by atoms with Crippen molar-refractivity contribution < 1.29 is 17.9 Å². The van der Waals surface area contributed by atoms with Crippen LogP contribution < -0.4 is 15.4 Å². The van der Waals surface area contributed by atoms with Gasteiger partial charge in [-0.2, -0.15) is 0 Å². The molecule has 0 unspecified atom stereocenters. The van der Waals surface area contributed by atoms with Crippen molar-refractivity contribution in [3.05, 3.63) is 23.8 Å². The van der Waals surface area contributed by atoms with Crippen LogP contribution in [0.15, 0.2) is 23.1 Å². The summed E-state index contributed by atoms with van der Waals surface area (Å²) in [4.78, 5) is 12.5. The summed E-state index contributed by atoms with van der Waals surface area (Å²) in [6.45, 7) is 4.61. The highest BCUT2D eigenvalue weighted by Gasteiger charge is 2.28. The maximum absolute atomic E-state index is 12.5. The van der Waals surface area contributed by atoms with Crippen LogP contribution in [-0.4, -0.2) is 59.5 Å². The molecular formula is C17H27N3O4S. The second kappa shape index (κ2) is 7.72. The lowest BCUT2D eigenvalue weighted by Crippen LogP contribution is -2.42. The minimum absolute atomic E-state index is 0.0132. The standard InChI is InChI=1S/C17H27N3O4S/c1-17(7-9-18-10-8-17)12-19-16(21)13-5-6-14(24-4)15(11-13)25(22,23)20(2)3/h5-6,11,18H,7-10,12H2,1-4H3,(H,19,21). The number of hydrogen-bond donors (Lipinski definition) is 2. The van der Waals surface area contributed by atoms with Crippen LogP contribution in [0.25, 0.3) is 0 Å². The van der Waals surface area contributed by atoms with Gasteiger partial charge in [-0.25, -0.2) is 12.7 Å². The van der Waals surface area contributed by atoms with Crippen LogP contribution in [0.2, 0.25) is 0 Å². The van der Waals surface area contributed by atoms with Crippen LogP contribution in [0.1, 0.15) is 30.1 Å². The van der Waals surface area contributed by atoms with Crippen molar-refractivity contribution in [2.75, 3.05) is 40.8 Å². The third-order valence-corrected chi connectivity index (χ3v) is 6.51. The lowest BCUT2D eigenvalue weighted by molar-refractivity contribution is 0.0922. The van der Waals surface area contributed by atoms with Gasteiger partial charge in [-0.3, -0.25) is 4.79 Å². The van der Waals surface area contributed by atoms with Crippen LogP contribution >= 0.6 is 0 Å². The quantitative estimate of drug-likeness (QED) is 0.783. The summed E-state index contributed by atoms with van der Waals surface area (Å²) in [6.07, 6.45) is 1.99. The van der Waals surface area contributed by atoms with Crippen LogP contribution in [0.5, 0.6) is 5.75 Å². The molecule has 0 radical (unpaired) electrons. The lowest BCUT2D eigenvalue weighted by atomic mass is 9.81. The zero-order valence-corrected chi connectivity index (χ0v) is 16.1. The monoisotopic (exact) mass is 369 g/mol. The van der Waals surface area contributed by atoms with Gasteiger partial charge < -0.3 is 15.4 Å². The smallest absolute Gasteiger partial charge is 0.251 e. The summed E-state index contributed by atoms with van der Waals surface area (Å²) < 4.78 is 31.1. The van der Waals surface area contributed by atoms with Crippen molar-refractivity contribution in [1.82, 2.24) is 14.9 Å². The summed E-state index contributed by atoms with van der Waals surface area (Å²) >= 11 is 0. The molecule has 1 aromatic rings. The molecule has 1 aliphatic rings. The molecule has 0 aliphatic carbocycles. The van der Waals surface area contributed by atoms with E-state index in [0.29, 0.717) is 12.1 Å². The van der Waals surface area contributed by atoms with E-state index in [1.807, 2.05) is 0 Å². The zero-order valence-electron chi connectivity index (χ0n) is 15.3. The number of rotatable bonds is 6. The fourth-order valence-electron chi connectivity index (χ4n) is 2.82. The highest BCUT2D eigenvalue weighted by Crippen LogP contribution is 2.28. The predicted molar refractivity (Wildman–Crippen MR) is 96.4 cm³/mol. The molecule has 2 N–H and O–H groups in total. The first-order valence-corrected chi connectivity index (χ1v) is 9.73. The lowest BCUT2D eigenvalue weighted by Gasteiger charge is -2.34. The van der Waals surface area contributed by atoms with Gasteiger partial charge in [0, 0.05) is 26.2 Å². The molecule has 0 saturated carbocycles. The fraction of sp³-hybridized carbons (Fsp3) is 0.588. The van der Waals surface area contributed by atoms with E-state index in [1.54, 1.807) is 6.07 Å². The first-order chi connectivity index (χ1) is 11.7. The Morgan fingerprint density at radius 1 is 1.32 bits per heavy atom. The molecule has 1 fully saturated rings. The molecule has 1 saturated heterocycles. The number of hydrogen-bond acceptors (Lipinski definition) is 5. The average molecular weight is 369 g/mol. The van der Waals surface area contributed by atoms with E-state index in [-0.39, 0.29) is 22.0 Å². The van der Waals surface area contributed by atoms with E-state index in [2.05, 4.69) is 17.6 Å². The molecule has 0 spiro atoms. The molecule has 7 nitrogen and oxygen atoms in total. The first kappa shape index (κ1) is 19.7. The Balaban J connectivity index is 2.20. The third-order valence-electron chi connectivity index (χ3n) is 4.67. The van der Waals surface area contributed by atoms with Gasteiger partial charge in [0.15, 0.2) is 0 Å². The molecular weight excluding hydrogens is 342 g/mol. The van der Waals surface area contributed by atoms with Gasteiger partial charge in [-0.15, -0.1) is 0 Å². The van der Waals surface area contributed by atoms with E-state index in [4.69, 9.17) is 4.74 Å². The number of carbonyl (C=O) groups is 1. The van der Waals surface area contributed by atoms with Crippen LogP contribution in [0.4, 0.5) is 0 Å². The summed E-state index contributed by atoms with van der Waals surface area (Å²) in [6, 6.07) is 4.46. The van der Waals surface area contributed by atoms with Gasteiger partial charge in [0.2, 0.25) is 10.0 Å². The Morgan fingerprint density at radius 2 is 1.96 bits per heavy atom. The number of piperidine rings is 1. The predicted octanol–water partition coefficient (Wildman–Crippen LogP) is 1.07. The molecule has 8 heteroatoms. The van der Waals surface area contributed by atoms with Crippen molar-refractivity contribution in [3.8, 4) is 5.75 Å². The Hall–Kier alpha value is -1.64.